The number of carbonyl (C=O) groups is 1. The Morgan fingerprint density at radius 1 is 1.00 bits per heavy atom. The van der Waals surface area contributed by atoms with Crippen LogP contribution in [0.1, 0.15) is 28.4 Å². The Balaban J connectivity index is 1.80. The molecule has 0 aliphatic rings. The number of aryl methyl sites for hydroxylation is 1. The Bertz CT molecular complexity index is 972. The molecule has 0 saturated heterocycles. The zero-order valence-electron chi connectivity index (χ0n) is 15.9. The lowest BCUT2D eigenvalue weighted by molar-refractivity contribution is 0.102. The van der Waals surface area contributed by atoms with Gasteiger partial charge in [0.05, 0.1) is 12.3 Å². The average molecular weight is 379 g/mol. The molecule has 0 fully saturated rings. The third-order valence-electron chi connectivity index (χ3n) is 4.13. The van der Waals surface area contributed by atoms with E-state index in [2.05, 4.69) is 5.32 Å². The van der Waals surface area contributed by atoms with Gasteiger partial charge in [-0.2, -0.15) is 0 Å². The molecule has 0 heterocycles. The fraction of sp³-hybridized carbons (Fsp3) is 0.174. The highest BCUT2D eigenvalue weighted by atomic mass is 19.1. The second-order valence-corrected chi connectivity index (χ2v) is 6.29. The van der Waals surface area contributed by atoms with E-state index in [0.717, 1.165) is 16.9 Å². The maximum atomic E-state index is 13.8. The number of hydrogen-bond acceptors (Lipinski definition) is 3. The van der Waals surface area contributed by atoms with Crippen LogP contribution in [0.25, 0.3) is 0 Å². The third-order valence-corrected chi connectivity index (χ3v) is 4.13. The van der Waals surface area contributed by atoms with E-state index in [1.54, 1.807) is 30.3 Å². The van der Waals surface area contributed by atoms with Gasteiger partial charge in [-0.3, -0.25) is 4.79 Å². The van der Waals surface area contributed by atoms with Crippen LogP contribution in [0.15, 0.2) is 66.7 Å². The van der Waals surface area contributed by atoms with Gasteiger partial charge in [0, 0.05) is 11.1 Å². The highest BCUT2D eigenvalue weighted by Crippen LogP contribution is 2.24. The summed E-state index contributed by atoms with van der Waals surface area (Å²) in [7, 11) is 0. The molecule has 0 radical (unpaired) electrons. The third kappa shape index (κ3) is 4.88. The molecule has 1 N–H and O–H groups in total. The van der Waals surface area contributed by atoms with Crippen LogP contribution in [-0.4, -0.2) is 12.5 Å². The van der Waals surface area contributed by atoms with Crippen LogP contribution in [0.2, 0.25) is 0 Å². The van der Waals surface area contributed by atoms with E-state index < -0.39 is 11.7 Å². The van der Waals surface area contributed by atoms with E-state index >= 15 is 0 Å². The zero-order chi connectivity index (χ0) is 19.9. The molecule has 0 aromatic heterocycles. The minimum absolute atomic E-state index is 0.138. The predicted octanol–water partition coefficient (Wildman–Crippen LogP) is 5.36. The number of nitrogens with one attached hydrogen (secondary N) is 1. The van der Waals surface area contributed by atoms with Crippen LogP contribution in [0.3, 0.4) is 0 Å². The van der Waals surface area contributed by atoms with Crippen molar-refractivity contribution in [3.63, 3.8) is 0 Å². The summed E-state index contributed by atoms with van der Waals surface area (Å²) in [5.41, 5.74) is 2.37. The monoisotopic (exact) mass is 379 g/mol. The van der Waals surface area contributed by atoms with Crippen LogP contribution < -0.4 is 14.8 Å². The normalized spacial score (nSPS) is 10.4. The number of para-hydroxylation sites is 1. The van der Waals surface area contributed by atoms with Gasteiger partial charge in [0.2, 0.25) is 0 Å². The highest BCUT2D eigenvalue weighted by molar-refractivity contribution is 6.04. The SMILES string of the molecule is CCOc1ccc(C(=O)Nc2ccccc2F)cc1COc1cccc(C)c1. The van der Waals surface area contributed by atoms with Crippen molar-refractivity contribution in [1.82, 2.24) is 0 Å². The summed E-state index contributed by atoms with van der Waals surface area (Å²) in [5.74, 6) is 0.510. The van der Waals surface area contributed by atoms with Gasteiger partial charge in [-0.15, -0.1) is 0 Å². The first-order chi connectivity index (χ1) is 13.6. The van der Waals surface area contributed by atoms with Crippen molar-refractivity contribution >= 4 is 11.6 Å². The van der Waals surface area contributed by atoms with Crippen molar-refractivity contribution in [3.05, 3.63) is 89.2 Å². The largest absolute Gasteiger partial charge is 0.493 e. The Labute approximate surface area is 163 Å². The van der Waals surface area contributed by atoms with E-state index in [0.29, 0.717) is 17.9 Å². The number of halogens is 1. The molecule has 3 aromatic carbocycles. The van der Waals surface area contributed by atoms with Crippen molar-refractivity contribution < 1.29 is 18.7 Å². The van der Waals surface area contributed by atoms with Crippen molar-refractivity contribution in [1.29, 1.82) is 0 Å². The molecule has 1 amide bonds. The summed E-state index contributed by atoms with van der Waals surface area (Å²) in [5, 5.41) is 2.59. The lowest BCUT2D eigenvalue weighted by atomic mass is 10.1. The maximum Gasteiger partial charge on any atom is 0.255 e. The number of amides is 1. The van der Waals surface area contributed by atoms with Crippen LogP contribution in [0.4, 0.5) is 10.1 Å². The van der Waals surface area contributed by atoms with Gasteiger partial charge in [0.25, 0.3) is 5.91 Å². The van der Waals surface area contributed by atoms with Crippen molar-refractivity contribution in [2.75, 3.05) is 11.9 Å². The first kappa shape index (κ1) is 19.4. The Hall–Kier alpha value is -3.34. The van der Waals surface area contributed by atoms with E-state index in [1.807, 2.05) is 38.1 Å². The molecular weight excluding hydrogens is 357 g/mol. The number of ether oxygens (including phenoxy) is 2. The fourth-order valence-electron chi connectivity index (χ4n) is 2.75. The van der Waals surface area contributed by atoms with Crippen LogP contribution in [-0.2, 0) is 6.61 Å². The molecule has 3 rings (SSSR count). The summed E-state index contributed by atoms with van der Waals surface area (Å²) in [6.45, 7) is 4.63. The first-order valence-electron chi connectivity index (χ1n) is 9.08. The number of hydrogen-bond donors (Lipinski definition) is 1. The minimum Gasteiger partial charge on any atom is -0.493 e. The summed E-state index contributed by atoms with van der Waals surface area (Å²) in [4.78, 5) is 12.5. The molecule has 144 valence electrons. The second kappa shape index (κ2) is 9.04. The van der Waals surface area contributed by atoms with Crippen molar-refractivity contribution in [2.45, 2.75) is 20.5 Å². The molecule has 5 heteroatoms. The van der Waals surface area contributed by atoms with Crippen LogP contribution in [0.5, 0.6) is 11.5 Å². The lowest BCUT2D eigenvalue weighted by Gasteiger charge is -2.14. The maximum absolute atomic E-state index is 13.8. The summed E-state index contributed by atoms with van der Waals surface area (Å²) in [6.07, 6.45) is 0. The second-order valence-electron chi connectivity index (χ2n) is 6.29. The first-order valence-corrected chi connectivity index (χ1v) is 9.08. The molecule has 0 aliphatic carbocycles. The zero-order valence-corrected chi connectivity index (χ0v) is 15.9. The molecule has 0 saturated carbocycles. The Morgan fingerprint density at radius 2 is 1.82 bits per heavy atom. The average Bonchev–Trinajstić information content (AvgIpc) is 2.69. The van der Waals surface area contributed by atoms with Crippen molar-refractivity contribution in [3.8, 4) is 11.5 Å². The molecule has 0 spiro atoms. The van der Waals surface area contributed by atoms with Crippen molar-refractivity contribution in [2.24, 2.45) is 0 Å². The van der Waals surface area contributed by atoms with Gasteiger partial charge in [0.1, 0.15) is 23.9 Å². The molecule has 0 aliphatic heterocycles. The molecule has 0 unspecified atom stereocenters. The Kier molecular flexibility index (Phi) is 6.27. The van der Waals surface area contributed by atoms with Gasteiger partial charge in [-0.1, -0.05) is 24.3 Å². The lowest BCUT2D eigenvalue weighted by Crippen LogP contribution is -2.14. The highest BCUT2D eigenvalue weighted by Gasteiger charge is 2.13. The van der Waals surface area contributed by atoms with Gasteiger partial charge in [0.15, 0.2) is 0 Å². The van der Waals surface area contributed by atoms with E-state index in [4.69, 9.17) is 9.47 Å². The van der Waals surface area contributed by atoms with Gasteiger partial charge >= 0.3 is 0 Å². The summed E-state index contributed by atoms with van der Waals surface area (Å²) >= 11 is 0. The van der Waals surface area contributed by atoms with Gasteiger partial charge in [-0.25, -0.2) is 4.39 Å². The van der Waals surface area contributed by atoms with Crippen LogP contribution >= 0.6 is 0 Å². The number of rotatable bonds is 7. The number of benzene rings is 3. The quantitative estimate of drug-likeness (QED) is 0.601. The molecule has 4 nitrogen and oxygen atoms in total. The summed E-state index contributed by atoms with van der Waals surface area (Å²) in [6, 6.07) is 18.9. The standard InChI is InChI=1S/C23H22FNO3/c1-3-27-22-12-11-17(23(26)25-21-10-5-4-9-20(21)24)14-18(22)15-28-19-8-6-7-16(2)13-19/h4-14H,3,15H2,1-2H3,(H,25,26). The molecule has 0 bridgehead atoms. The smallest absolute Gasteiger partial charge is 0.255 e. The van der Waals surface area contributed by atoms with Gasteiger partial charge < -0.3 is 14.8 Å². The molecular formula is C23H22FNO3. The Morgan fingerprint density at radius 3 is 2.57 bits per heavy atom. The minimum atomic E-state index is -0.482. The molecule has 28 heavy (non-hydrogen) atoms. The van der Waals surface area contributed by atoms with E-state index in [-0.39, 0.29) is 12.3 Å². The molecule has 3 aromatic rings. The fourth-order valence-corrected chi connectivity index (χ4v) is 2.75. The number of anilines is 1. The van der Waals surface area contributed by atoms with Crippen LogP contribution in [0, 0.1) is 12.7 Å². The summed E-state index contributed by atoms with van der Waals surface area (Å²) < 4.78 is 25.3. The topological polar surface area (TPSA) is 47.6 Å². The predicted molar refractivity (Wildman–Crippen MR) is 107 cm³/mol. The molecule has 0 atom stereocenters. The van der Waals surface area contributed by atoms with Gasteiger partial charge in [-0.05, 0) is 61.9 Å². The number of carbonyl (C=O) groups excluding carboxylic acids is 1. The van der Waals surface area contributed by atoms with E-state index in [9.17, 15) is 9.18 Å². The van der Waals surface area contributed by atoms with E-state index in [1.165, 1.54) is 12.1 Å².